The zero-order chi connectivity index (χ0) is 33.1. The lowest BCUT2D eigenvalue weighted by molar-refractivity contribution is -0.244. The number of ether oxygens (including phenoxy) is 3. The second-order valence-electron chi connectivity index (χ2n) is 19.1. The molecule has 8 nitrogen and oxygen atoms in total. The van der Waals surface area contributed by atoms with Crippen LogP contribution in [0.3, 0.4) is 0 Å². The predicted molar refractivity (Wildman–Crippen MR) is 178 cm³/mol. The third-order valence-corrected chi connectivity index (χ3v) is 16.4. The molecular formula is C39H62N2O6. The van der Waals surface area contributed by atoms with Crippen molar-refractivity contribution in [3.8, 4) is 0 Å². The van der Waals surface area contributed by atoms with E-state index in [0.717, 1.165) is 24.7 Å². The van der Waals surface area contributed by atoms with E-state index < -0.39 is 11.5 Å². The Morgan fingerprint density at radius 3 is 2.47 bits per heavy atom. The number of aliphatic carboxylic acids is 1. The summed E-state index contributed by atoms with van der Waals surface area (Å²) in [4.78, 5) is 28.7. The number of morpholine rings is 1. The van der Waals surface area contributed by atoms with Crippen molar-refractivity contribution in [3.05, 3.63) is 0 Å². The summed E-state index contributed by atoms with van der Waals surface area (Å²) in [5.41, 5.74) is 0.520. The van der Waals surface area contributed by atoms with Gasteiger partial charge in [0.05, 0.1) is 31.5 Å². The Balaban J connectivity index is 0.929. The number of carboxylic acids is 1. The van der Waals surface area contributed by atoms with Gasteiger partial charge in [0, 0.05) is 19.5 Å². The standard InChI is InChI=1S/C39H62N2O6/c1-35(2)30-12-11-26-28-20-29-27(10-9-25(46-29)21-40(6)36(3,4)34(43)44)37(28,5)15-16-38(26)23-39(30,38)14-13-31(35)47-33-22-41(17-18-45-33)32(42)19-24-7-8-24/h24-31,33H,7-23H2,1-6H3,(H,43,44)/t25?,26?,27?,28?,29?,30?,31-,33?,37?,38-,39?/m0/s1. The molecule has 0 aromatic carbocycles. The summed E-state index contributed by atoms with van der Waals surface area (Å²) in [5.74, 6) is 2.99. The van der Waals surface area contributed by atoms with Gasteiger partial charge in [-0.15, -0.1) is 0 Å². The largest absolute Gasteiger partial charge is 0.480 e. The second kappa shape index (κ2) is 11.1. The van der Waals surface area contributed by atoms with Gasteiger partial charge in [0.25, 0.3) is 0 Å². The Morgan fingerprint density at radius 2 is 1.72 bits per heavy atom. The fraction of sp³-hybridized carbons (Fsp3) is 0.949. The Bertz CT molecular complexity index is 1270. The minimum absolute atomic E-state index is 0.0902. The summed E-state index contributed by atoms with van der Waals surface area (Å²) in [7, 11) is 1.93. The van der Waals surface area contributed by atoms with Crippen molar-refractivity contribution in [3.63, 3.8) is 0 Å². The van der Waals surface area contributed by atoms with Crippen molar-refractivity contribution in [2.24, 2.45) is 51.2 Å². The van der Waals surface area contributed by atoms with Crippen LogP contribution in [0.25, 0.3) is 0 Å². The highest BCUT2D eigenvalue weighted by molar-refractivity contribution is 5.77. The lowest BCUT2D eigenvalue weighted by atomic mass is 9.46. The van der Waals surface area contributed by atoms with Crippen molar-refractivity contribution >= 4 is 11.9 Å². The Morgan fingerprint density at radius 1 is 0.957 bits per heavy atom. The number of hydrogen-bond donors (Lipinski definition) is 1. The van der Waals surface area contributed by atoms with Gasteiger partial charge in [0.15, 0.2) is 6.29 Å². The summed E-state index contributed by atoms with van der Waals surface area (Å²) in [6.45, 7) is 13.7. The van der Waals surface area contributed by atoms with Crippen molar-refractivity contribution in [2.75, 3.05) is 33.3 Å². The average molecular weight is 655 g/mol. The Kier molecular flexibility index (Phi) is 7.81. The number of amides is 1. The molecular weight excluding hydrogens is 592 g/mol. The molecule has 8 rings (SSSR count). The normalized spacial score (nSPS) is 46.9. The van der Waals surface area contributed by atoms with Crippen LogP contribution in [0, 0.1) is 51.2 Å². The van der Waals surface area contributed by atoms with E-state index in [9.17, 15) is 14.7 Å². The number of carboxylic acid groups (broad SMARTS) is 1. The number of carbonyl (C=O) groups excluding carboxylic acids is 1. The molecule has 1 N–H and O–H groups in total. The van der Waals surface area contributed by atoms with Crippen molar-refractivity contribution in [1.29, 1.82) is 0 Å². The fourth-order valence-electron chi connectivity index (χ4n) is 13.2. The molecule has 9 unspecified atom stereocenters. The summed E-state index contributed by atoms with van der Waals surface area (Å²) in [6, 6.07) is 0. The smallest absolute Gasteiger partial charge is 0.323 e. The monoisotopic (exact) mass is 654 g/mol. The van der Waals surface area contributed by atoms with Crippen LogP contribution in [-0.4, -0.2) is 90.2 Å². The summed E-state index contributed by atoms with van der Waals surface area (Å²) in [6.07, 6.45) is 16.0. The summed E-state index contributed by atoms with van der Waals surface area (Å²) < 4.78 is 19.9. The van der Waals surface area contributed by atoms with E-state index in [0.29, 0.717) is 72.8 Å². The number of rotatable bonds is 8. The zero-order valence-electron chi connectivity index (χ0n) is 30.1. The fourth-order valence-corrected chi connectivity index (χ4v) is 13.2. The number of fused-ring (bicyclic) bond motifs is 4. The molecule has 8 aliphatic rings. The van der Waals surface area contributed by atoms with E-state index >= 15 is 0 Å². The minimum Gasteiger partial charge on any atom is -0.480 e. The SMILES string of the molecule is CN(CC1CCC2C(CC3C4CCC5C(C)(C)[C@@H](OC6CN(C(=O)CC7CC7)CCO6)CCC56C[C@@]46CCC23C)O1)C(C)(C)C(=O)O. The molecule has 2 spiro atoms. The Labute approximate surface area is 283 Å². The van der Waals surface area contributed by atoms with Crippen LogP contribution in [0.4, 0.5) is 0 Å². The van der Waals surface area contributed by atoms with E-state index in [2.05, 4.69) is 20.8 Å². The molecule has 264 valence electrons. The number of nitrogens with zero attached hydrogens (tertiary/aromatic N) is 2. The maximum Gasteiger partial charge on any atom is 0.323 e. The van der Waals surface area contributed by atoms with Gasteiger partial charge in [-0.05, 0) is 149 Å². The second-order valence-corrected chi connectivity index (χ2v) is 19.1. The van der Waals surface area contributed by atoms with Crippen LogP contribution >= 0.6 is 0 Å². The molecule has 1 amide bonds. The highest BCUT2D eigenvalue weighted by Crippen LogP contribution is 2.87. The molecule has 0 radical (unpaired) electrons. The first kappa shape index (κ1) is 33.0. The maximum atomic E-state index is 12.9. The van der Waals surface area contributed by atoms with Crippen molar-refractivity contribution in [1.82, 2.24) is 9.80 Å². The number of hydrogen-bond acceptors (Lipinski definition) is 6. The van der Waals surface area contributed by atoms with Gasteiger partial charge in [-0.25, -0.2) is 0 Å². The summed E-state index contributed by atoms with van der Waals surface area (Å²) >= 11 is 0. The van der Waals surface area contributed by atoms with Gasteiger partial charge < -0.3 is 24.2 Å². The van der Waals surface area contributed by atoms with E-state index in [-0.39, 0.29) is 29.8 Å². The first-order chi connectivity index (χ1) is 22.2. The molecule has 8 fully saturated rings. The van der Waals surface area contributed by atoms with E-state index in [4.69, 9.17) is 14.2 Å². The van der Waals surface area contributed by atoms with E-state index in [1.807, 2.05) is 16.8 Å². The first-order valence-corrected chi connectivity index (χ1v) is 19.4. The van der Waals surface area contributed by atoms with Crippen LogP contribution < -0.4 is 0 Å². The molecule has 2 saturated heterocycles. The molecule has 2 aliphatic heterocycles. The molecule has 0 aromatic rings. The van der Waals surface area contributed by atoms with Gasteiger partial charge in [0.2, 0.25) is 5.91 Å². The average Bonchev–Trinajstić information content (AvgIpc) is 3.94. The van der Waals surface area contributed by atoms with Crippen LogP contribution in [0.1, 0.15) is 118 Å². The summed E-state index contributed by atoms with van der Waals surface area (Å²) in [5, 5.41) is 9.75. The lowest BCUT2D eigenvalue weighted by Gasteiger charge is -2.60. The van der Waals surface area contributed by atoms with Gasteiger partial charge in [-0.2, -0.15) is 0 Å². The molecule has 47 heavy (non-hydrogen) atoms. The Hall–Kier alpha value is -1.22. The van der Waals surface area contributed by atoms with Gasteiger partial charge in [0.1, 0.15) is 5.54 Å². The van der Waals surface area contributed by atoms with Gasteiger partial charge in [-0.3, -0.25) is 14.5 Å². The van der Waals surface area contributed by atoms with Crippen molar-refractivity contribution < 1.29 is 28.9 Å². The number of carbonyl (C=O) groups is 2. The van der Waals surface area contributed by atoms with Crippen LogP contribution in [0.15, 0.2) is 0 Å². The molecule has 6 aliphatic carbocycles. The number of likely N-dealkylation sites (N-methyl/N-ethyl adjacent to an activating group) is 1. The molecule has 2 heterocycles. The quantitative estimate of drug-likeness (QED) is 0.326. The third-order valence-electron chi connectivity index (χ3n) is 16.4. The van der Waals surface area contributed by atoms with E-state index in [1.54, 1.807) is 13.8 Å². The zero-order valence-corrected chi connectivity index (χ0v) is 30.1. The third kappa shape index (κ3) is 5.02. The molecule has 0 aromatic heterocycles. The molecule has 6 saturated carbocycles. The topological polar surface area (TPSA) is 88.5 Å². The van der Waals surface area contributed by atoms with Crippen molar-refractivity contribution in [2.45, 2.75) is 148 Å². The van der Waals surface area contributed by atoms with Gasteiger partial charge in [-0.1, -0.05) is 20.8 Å². The molecule has 0 bridgehead atoms. The van der Waals surface area contributed by atoms with Crippen LogP contribution in [-0.2, 0) is 23.8 Å². The predicted octanol–water partition coefficient (Wildman–Crippen LogP) is 6.36. The minimum atomic E-state index is -0.892. The highest BCUT2D eigenvalue weighted by atomic mass is 16.7. The van der Waals surface area contributed by atoms with Crippen LogP contribution in [0.5, 0.6) is 0 Å². The van der Waals surface area contributed by atoms with Crippen LogP contribution in [0.2, 0.25) is 0 Å². The highest BCUT2D eigenvalue weighted by Gasteiger charge is 2.80. The molecule has 8 heteroatoms. The van der Waals surface area contributed by atoms with Gasteiger partial charge >= 0.3 is 5.97 Å². The molecule has 11 atom stereocenters. The maximum absolute atomic E-state index is 12.9. The van der Waals surface area contributed by atoms with E-state index in [1.165, 1.54) is 64.2 Å². The first-order valence-electron chi connectivity index (χ1n) is 19.4. The lowest BCUT2D eigenvalue weighted by Crippen LogP contribution is -2.56.